The fourth-order valence-corrected chi connectivity index (χ4v) is 2.21. The molecule has 1 aliphatic heterocycles. The van der Waals surface area contributed by atoms with E-state index in [0.29, 0.717) is 12.8 Å². The Morgan fingerprint density at radius 2 is 1.95 bits per heavy atom. The van der Waals surface area contributed by atoms with Gasteiger partial charge in [0.15, 0.2) is 0 Å². The fraction of sp³-hybridized carbons (Fsp3) is 0.467. The molecule has 1 aliphatic rings. The van der Waals surface area contributed by atoms with E-state index >= 15 is 0 Å². The molecular formula is C15H20N2O3. The zero-order valence-electron chi connectivity index (χ0n) is 11.4. The van der Waals surface area contributed by atoms with E-state index in [0.717, 1.165) is 25.1 Å². The summed E-state index contributed by atoms with van der Waals surface area (Å²) in [6.45, 7) is 1.59. The molecule has 1 aromatic carbocycles. The average molecular weight is 276 g/mol. The van der Waals surface area contributed by atoms with Gasteiger partial charge in [-0.3, -0.25) is 4.79 Å². The Hall–Kier alpha value is -2.04. The number of likely N-dealkylation sites (tertiary alicyclic amines) is 1. The van der Waals surface area contributed by atoms with Crippen LogP contribution in [0.15, 0.2) is 30.3 Å². The summed E-state index contributed by atoms with van der Waals surface area (Å²) in [5, 5.41) is 11.8. The molecule has 20 heavy (non-hydrogen) atoms. The van der Waals surface area contributed by atoms with Gasteiger partial charge in [-0.25, -0.2) is 4.79 Å². The summed E-state index contributed by atoms with van der Waals surface area (Å²) in [6.07, 6.45) is 2.22. The van der Waals surface area contributed by atoms with Crippen LogP contribution in [0.25, 0.3) is 0 Å². The molecule has 2 amide bonds. The van der Waals surface area contributed by atoms with Gasteiger partial charge in [-0.05, 0) is 24.8 Å². The van der Waals surface area contributed by atoms with E-state index in [2.05, 4.69) is 5.32 Å². The van der Waals surface area contributed by atoms with Crippen molar-refractivity contribution in [3.05, 3.63) is 35.9 Å². The van der Waals surface area contributed by atoms with Crippen molar-refractivity contribution in [2.24, 2.45) is 0 Å². The summed E-state index contributed by atoms with van der Waals surface area (Å²) in [4.78, 5) is 24.4. The first-order valence-corrected chi connectivity index (χ1v) is 6.96. The van der Waals surface area contributed by atoms with Crippen LogP contribution in [0.3, 0.4) is 0 Å². The zero-order chi connectivity index (χ0) is 14.4. The van der Waals surface area contributed by atoms with Gasteiger partial charge in [0.2, 0.25) is 0 Å². The van der Waals surface area contributed by atoms with Crippen molar-refractivity contribution in [2.75, 3.05) is 13.1 Å². The third kappa shape index (κ3) is 4.26. The van der Waals surface area contributed by atoms with Crippen LogP contribution < -0.4 is 5.32 Å². The molecule has 0 radical (unpaired) electrons. The molecule has 2 rings (SSSR count). The first kappa shape index (κ1) is 14.4. The number of nitrogens with one attached hydrogen (secondary N) is 1. The number of carboxylic acid groups (broad SMARTS) is 1. The summed E-state index contributed by atoms with van der Waals surface area (Å²) in [6, 6.07) is 9.59. The Morgan fingerprint density at radius 3 is 2.50 bits per heavy atom. The summed E-state index contributed by atoms with van der Waals surface area (Å²) in [5.41, 5.74) is 1.10. The molecule has 2 N–H and O–H groups in total. The van der Waals surface area contributed by atoms with Gasteiger partial charge < -0.3 is 15.3 Å². The zero-order valence-corrected chi connectivity index (χ0v) is 11.4. The highest BCUT2D eigenvalue weighted by Crippen LogP contribution is 2.11. The van der Waals surface area contributed by atoms with Gasteiger partial charge in [0.1, 0.15) is 0 Å². The van der Waals surface area contributed by atoms with Crippen LogP contribution >= 0.6 is 0 Å². The number of rotatable bonds is 6. The normalized spacial score (nSPS) is 15.3. The largest absolute Gasteiger partial charge is 0.481 e. The monoisotopic (exact) mass is 276 g/mol. The van der Waals surface area contributed by atoms with E-state index < -0.39 is 5.97 Å². The van der Waals surface area contributed by atoms with Crippen LogP contribution in [0.1, 0.15) is 24.8 Å². The summed E-state index contributed by atoms with van der Waals surface area (Å²) in [5.74, 6) is -0.832. The van der Waals surface area contributed by atoms with E-state index in [1.54, 1.807) is 4.90 Å². The Morgan fingerprint density at radius 1 is 1.25 bits per heavy atom. The summed E-state index contributed by atoms with van der Waals surface area (Å²) in [7, 11) is 0. The molecule has 1 fully saturated rings. The highest BCUT2D eigenvalue weighted by atomic mass is 16.4. The van der Waals surface area contributed by atoms with Crippen LogP contribution in [0.4, 0.5) is 4.79 Å². The molecule has 5 nitrogen and oxygen atoms in total. The first-order chi connectivity index (χ1) is 9.65. The quantitative estimate of drug-likeness (QED) is 0.833. The molecule has 108 valence electrons. The molecule has 1 atom stereocenters. The second-order valence-corrected chi connectivity index (χ2v) is 5.11. The third-order valence-electron chi connectivity index (χ3n) is 3.50. The van der Waals surface area contributed by atoms with Gasteiger partial charge in [-0.15, -0.1) is 0 Å². The van der Waals surface area contributed by atoms with Crippen LogP contribution in [0.2, 0.25) is 0 Å². The Balaban J connectivity index is 1.92. The lowest BCUT2D eigenvalue weighted by molar-refractivity contribution is -0.137. The molecule has 0 aromatic heterocycles. The molecular weight excluding hydrogens is 256 g/mol. The third-order valence-corrected chi connectivity index (χ3v) is 3.50. The Bertz CT molecular complexity index is 457. The molecule has 0 saturated carbocycles. The maximum atomic E-state index is 11.9. The van der Waals surface area contributed by atoms with E-state index in [-0.39, 0.29) is 18.5 Å². The van der Waals surface area contributed by atoms with Gasteiger partial charge in [0, 0.05) is 25.6 Å². The van der Waals surface area contributed by atoms with Crippen molar-refractivity contribution in [3.8, 4) is 0 Å². The maximum absolute atomic E-state index is 11.9. The van der Waals surface area contributed by atoms with Crippen molar-refractivity contribution >= 4 is 12.0 Å². The molecule has 1 aromatic rings. The Kier molecular flexibility index (Phi) is 4.98. The standard InChI is InChI=1S/C15H20N2O3/c18-14(19)8-7-13(11-12-5-2-1-3-6-12)16-15(20)17-9-4-10-17/h1-3,5-6,13H,4,7-11H2,(H,16,20)(H,18,19). The van der Waals surface area contributed by atoms with E-state index in [1.165, 1.54) is 0 Å². The van der Waals surface area contributed by atoms with Crippen LogP contribution in [0.5, 0.6) is 0 Å². The lowest BCUT2D eigenvalue weighted by Gasteiger charge is -2.32. The molecule has 1 saturated heterocycles. The predicted molar refractivity (Wildman–Crippen MR) is 75.5 cm³/mol. The minimum atomic E-state index is -0.832. The fourth-order valence-electron chi connectivity index (χ4n) is 2.21. The van der Waals surface area contributed by atoms with Gasteiger partial charge >= 0.3 is 12.0 Å². The predicted octanol–water partition coefficient (Wildman–Crippen LogP) is 1.88. The van der Waals surface area contributed by atoms with Gasteiger partial charge in [-0.1, -0.05) is 30.3 Å². The number of amides is 2. The number of nitrogens with zero attached hydrogens (tertiary/aromatic N) is 1. The lowest BCUT2D eigenvalue weighted by atomic mass is 10.0. The topological polar surface area (TPSA) is 69.6 Å². The van der Waals surface area contributed by atoms with Crippen molar-refractivity contribution < 1.29 is 14.7 Å². The summed E-state index contributed by atoms with van der Waals surface area (Å²) < 4.78 is 0. The molecule has 0 aliphatic carbocycles. The van der Waals surface area contributed by atoms with Gasteiger partial charge in [0.25, 0.3) is 0 Å². The second kappa shape index (κ2) is 6.93. The molecule has 0 bridgehead atoms. The Labute approximate surface area is 118 Å². The summed E-state index contributed by atoms with van der Waals surface area (Å²) >= 11 is 0. The number of aliphatic carboxylic acids is 1. The van der Waals surface area contributed by atoms with Crippen LogP contribution in [-0.2, 0) is 11.2 Å². The van der Waals surface area contributed by atoms with Crippen molar-refractivity contribution in [3.63, 3.8) is 0 Å². The SMILES string of the molecule is O=C(O)CCC(Cc1ccccc1)NC(=O)N1CCC1. The number of carbonyl (C=O) groups excluding carboxylic acids is 1. The molecule has 1 unspecified atom stereocenters. The van der Waals surface area contributed by atoms with Crippen molar-refractivity contribution in [1.29, 1.82) is 0 Å². The van der Waals surface area contributed by atoms with E-state index in [1.807, 2.05) is 30.3 Å². The average Bonchev–Trinajstić information content (AvgIpc) is 2.35. The number of hydrogen-bond donors (Lipinski definition) is 2. The van der Waals surface area contributed by atoms with Crippen LogP contribution in [0, 0.1) is 0 Å². The number of carboxylic acids is 1. The van der Waals surface area contributed by atoms with Crippen molar-refractivity contribution in [2.45, 2.75) is 31.7 Å². The van der Waals surface area contributed by atoms with E-state index in [9.17, 15) is 9.59 Å². The maximum Gasteiger partial charge on any atom is 0.317 e. The van der Waals surface area contributed by atoms with Gasteiger partial charge in [-0.2, -0.15) is 0 Å². The number of hydrogen-bond acceptors (Lipinski definition) is 2. The van der Waals surface area contributed by atoms with Crippen molar-refractivity contribution in [1.82, 2.24) is 10.2 Å². The smallest absolute Gasteiger partial charge is 0.317 e. The second-order valence-electron chi connectivity index (χ2n) is 5.11. The van der Waals surface area contributed by atoms with E-state index in [4.69, 9.17) is 5.11 Å². The molecule has 1 heterocycles. The lowest BCUT2D eigenvalue weighted by Crippen LogP contribution is -2.51. The minimum absolute atomic E-state index is 0.0672. The number of urea groups is 1. The number of benzene rings is 1. The molecule has 0 spiro atoms. The highest BCUT2D eigenvalue weighted by molar-refractivity contribution is 5.75. The number of carbonyl (C=O) groups is 2. The highest BCUT2D eigenvalue weighted by Gasteiger charge is 2.23. The molecule has 5 heteroatoms. The van der Waals surface area contributed by atoms with Crippen LogP contribution in [-0.4, -0.2) is 41.1 Å². The minimum Gasteiger partial charge on any atom is -0.481 e. The van der Waals surface area contributed by atoms with Gasteiger partial charge in [0.05, 0.1) is 0 Å². The first-order valence-electron chi connectivity index (χ1n) is 6.96.